The first-order chi connectivity index (χ1) is 9.10. The smallest absolute Gasteiger partial charge is 0.0685 e. The van der Waals surface area contributed by atoms with Crippen LogP contribution in [0.25, 0.3) is 0 Å². The minimum atomic E-state index is 0.300. The predicted octanol–water partition coefficient (Wildman–Crippen LogP) is 2.37. The Hall–Kier alpha value is -0.930. The molecule has 3 unspecified atom stereocenters. The van der Waals surface area contributed by atoms with Crippen LogP contribution in [0, 0.1) is 11.3 Å². The minimum absolute atomic E-state index is 0.300. The normalized spacial score (nSPS) is 32.1. The molecule has 3 nitrogen and oxygen atoms in total. The molecule has 0 aromatic carbocycles. The summed E-state index contributed by atoms with van der Waals surface area (Å²) in [5, 5.41) is 0. The molecule has 19 heavy (non-hydrogen) atoms. The Kier molecular flexibility index (Phi) is 3.35. The Labute approximate surface area is 116 Å². The van der Waals surface area contributed by atoms with Gasteiger partial charge in [-0.3, -0.25) is 4.98 Å². The van der Waals surface area contributed by atoms with Crippen molar-refractivity contribution in [2.24, 2.45) is 11.3 Å². The number of hydrogen-bond donors (Lipinski definition) is 0. The largest absolute Gasteiger partial charge is 0.377 e. The number of likely N-dealkylation sites (N-methyl/N-ethyl adjacent to an activating group) is 1. The van der Waals surface area contributed by atoms with Crippen LogP contribution in [-0.2, 0) is 11.2 Å². The van der Waals surface area contributed by atoms with Crippen LogP contribution in [-0.4, -0.2) is 42.2 Å². The summed E-state index contributed by atoms with van der Waals surface area (Å²) in [5.74, 6) is 0.748. The summed E-state index contributed by atoms with van der Waals surface area (Å²) in [5.41, 5.74) is 1.67. The molecule has 1 aromatic rings. The van der Waals surface area contributed by atoms with Crippen LogP contribution < -0.4 is 0 Å². The molecule has 2 heterocycles. The highest BCUT2D eigenvalue weighted by atomic mass is 16.5. The fraction of sp³-hybridized carbons (Fsp3) is 0.688. The van der Waals surface area contributed by atoms with Crippen molar-refractivity contribution in [3.8, 4) is 0 Å². The van der Waals surface area contributed by atoms with Crippen LogP contribution >= 0.6 is 0 Å². The molecule has 0 radical (unpaired) electrons. The molecular weight excluding hydrogens is 236 g/mol. The highest BCUT2D eigenvalue weighted by molar-refractivity contribution is 5.13. The van der Waals surface area contributed by atoms with Gasteiger partial charge in [0.2, 0.25) is 0 Å². The summed E-state index contributed by atoms with van der Waals surface area (Å²) in [6.07, 6.45) is 6.58. The van der Waals surface area contributed by atoms with E-state index in [-0.39, 0.29) is 0 Å². The first-order valence-electron chi connectivity index (χ1n) is 7.31. The Bertz CT molecular complexity index is 432. The number of pyridine rings is 1. The Morgan fingerprint density at radius 3 is 2.84 bits per heavy atom. The lowest BCUT2D eigenvalue weighted by molar-refractivity contribution is -0.149. The van der Waals surface area contributed by atoms with E-state index in [0.717, 1.165) is 25.5 Å². The van der Waals surface area contributed by atoms with Gasteiger partial charge in [0.1, 0.15) is 0 Å². The zero-order valence-electron chi connectivity index (χ0n) is 12.2. The maximum Gasteiger partial charge on any atom is 0.0685 e. The fourth-order valence-electron chi connectivity index (χ4n) is 4.19. The second-order valence-electron chi connectivity index (χ2n) is 6.60. The Morgan fingerprint density at radius 1 is 1.37 bits per heavy atom. The van der Waals surface area contributed by atoms with Crippen LogP contribution in [0.1, 0.15) is 25.8 Å². The predicted molar refractivity (Wildman–Crippen MR) is 76.0 cm³/mol. The summed E-state index contributed by atoms with van der Waals surface area (Å²) in [4.78, 5) is 6.61. The van der Waals surface area contributed by atoms with Gasteiger partial charge in [0.05, 0.1) is 6.10 Å². The van der Waals surface area contributed by atoms with E-state index in [1.165, 1.54) is 12.0 Å². The lowest BCUT2D eigenvalue weighted by Crippen LogP contribution is -2.66. The van der Waals surface area contributed by atoms with Gasteiger partial charge in [0.25, 0.3) is 0 Å². The second kappa shape index (κ2) is 4.88. The number of fused-ring (bicyclic) bond motifs is 1. The molecule has 0 amide bonds. The average Bonchev–Trinajstić information content (AvgIpc) is 2.83. The third-order valence-electron chi connectivity index (χ3n) is 5.02. The van der Waals surface area contributed by atoms with E-state index in [9.17, 15) is 0 Å². The molecular formula is C16H24N2O. The number of hydrogen-bond acceptors (Lipinski definition) is 3. The summed E-state index contributed by atoms with van der Waals surface area (Å²) in [6.45, 7) is 6.77. The Morgan fingerprint density at radius 2 is 2.11 bits per heavy atom. The molecule has 2 aliphatic rings. The molecule has 1 aliphatic heterocycles. The number of nitrogens with zero attached hydrogens (tertiary/aromatic N) is 2. The fourth-order valence-corrected chi connectivity index (χ4v) is 4.19. The first-order valence-corrected chi connectivity index (χ1v) is 7.31. The molecule has 0 bridgehead atoms. The molecule has 3 heteroatoms. The highest BCUT2D eigenvalue weighted by Gasteiger charge is 2.60. The average molecular weight is 260 g/mol. The summed E-state index contributed by atoms with van der Waals surface area (Å²) in [6, 6.07) is 4.89. The van der Waals surface area contributed by atoms with Gasteiger partial charge in [-0.2, -0.15) is 0 Å². The lowest BCUT2D eigenvalue weighted by Gasteiger charge is -2.58. The topological polar surface area (TPSA) is 25.4 Å². The van der Waals surface area contributed by atoms with Crippen molar-refractivity contribution in [2.45, 2.75) is 38.8 Å². The van der Waals surface area contributed by atoms with E-state index in [0.29, 0.717) is 17.6 Å². The van der Waals surface area contributed by atoms with Crippen molar-refractivity contribution in [3.05, 3.63) is 30.1 Å². The van der Waals surface area contributed by atoms with Crippen molar-refractivity contribution in [1.82, 2.24) is 9.88 Å². The molecule has 1 aliphatic carbocycles. The second-order valence-corrected chi connectivity index (χ2v) is 6.60. The summed E-state index contributed by atoms with van der Waals surface area (Å²) < 4.78 is 5.88. The SMILES string of the molecule is CN(CCc1ccncc1)C1C2CCOC2C1(C)C. The summed E-state index contributed by atoms with van der Waals surface area (Å²) in [7, 11) is 2.27. The van der Waals surface area contributed by atoms with Gasteiger partial charge < -0.3 is 9.64 Å². The maximum absolute atomic E-state index is 5.88. The van der Waals surface area contributed by atoms with Crippen LogP contribution in [0.15, 0.2) is 24.5 Å². The molecule has 3 rings (SSSR count). The van der Waals surface area contributed by atoms with E-state index in [1.54, 1.807) is 0 Å². The van der Waals surface area contributed by atoms with Gasteiger partial charge >= 0.3 is 0 Å². The van der Waals surface area contributed by atoms with E-state index in [2.05, 4.69) is 42.9 Å². The molecule has 0 N–H and O–H groups in total. The zero-order valence-corrected chi connectivity index (χ0v) is 12.2. The monoisotopic (exact) mass is 260 g/mol. The van der Waals surface area contributed by atoms with E-state index >= 15 is 0 Å². The quantitative estimate of drug-likeness (QED) is 0.831. The van der Waals surface area contributed by atoms with Crippen molar-refractivity contribution in [3.63, 3.8) is 0 Å². The van der Waals surface area contributed by atoms with Gasteiger partial charge in [-0.05, 0) is 37.6 Å². The van der Waals surface area contributed by atoms with E-state index < -0.39 is 0 Å². The number of ether oxygens (including phenoxy) is 1. The Balaban J connectivity index is 1.60. The van der Waals surface area contributed by atoms with Crippen LogP contribution in [0.5, 0.6) is 0 Å². The maximum atomic E-state index is 5.88. The van der Waals surface area contributed by atoms with Crippen molar-refractivity contribution < 1.29 is 4.74 Å². The number of rotatable bonds is 4. The van der Waals surface area contributed by atoms with Gasteiger partial charge in [0, 0.05) is 42.9 Å². The third kappa shape index (κ3) is 2.19. The number of aromatic nitrogens is 1. The highest BCUT2D eigenvalue weighted by Crippen LogP contribution is 2.54. The zero-order chi connectivity index (χ0) is 13.5. The lowest BCUT2D eigenvalue weighted by atomic mass is 9.57. The molecule has 1 aromatic heterocycles. The van der Waals surface area contributed by atoms with E-state index in [1.807, 2.05) is 12.4 Å². The molecule has 1 saturated heterocycles. The molecule has 104 valence electrons. The molecule has 3 atom stereocenters. The third-order valence-corrected chi connectivity index (χ3v) is 5.02. The van der Waals surface area contributed by atoms with E-state index in [4.69, 9.17) is 4.74 Å². The van der Waals surface area contributed by atoms with Gasteiger partial charge in [-0.1, -0.05) is 13.8 Å². The van der Waals surface area contributed by atoms with Gasteiger partial charge in [-0.25, -0.2) is 0 Å². The van der Waals surface area contributed by atoms with Gasteiger partial charge in [-0.15, -0.1) is 0 Å². The van der Waals surface area contributed by atoms with Crippen LogP contribution in [0.2, 0.25) is 0 Å². The molecule has 2 fully saturated rings. The van der Waals surface area contributed by atoms with Crippen molar-refractivity contribution in [2.75, 3.05) is 20.2 Å². The summed E-state index contributed by atoms with van der Waals surface area (Å²) >= 11 is 0. The van der Waals surface area contributed by atoms with Gasteiger partial charge in [0.15, 0.2) is 0 Å². The standard InChI is InChI=1S/C16H24N2O/c1-16(2)14(13-7-11-19-15(13)16)18(3)10-6-12-4-8-17-9-5-12/h4-5,8-9,13-15H,6-7,10-11H2,1-3H3. The molecule has 1 saturated carbocycles. The van der Waals surface area contributed by atoms with Crippen LogP contribution in [0.4, 0.5) is 0 Å². The van der Waals surface area contributed by atoms with Crippen molar-refractivity contribution in [1.29, 1.82) is 0 Å². The first kappa shape index (κ1) is 13.1. The molecule has 0 spiro atoms. The minimum Gasteiger partial charge on any atom is -0.377 e. The van der Waals surface area contributed by atoms with Crippen molar-refractivity contribution >= 4 is 0 Å². The van der Waals surface area contributed by atoms with Crippen LogP contribution in [0.3, 0.4) is 0 Å².